The van der Waals surface area contributed by atoms with E-state index in [2.05, 4.69) is 0 Å². The Bertz CT molecular complexity index is 1580. The molecule has 0 N–H and O–H groups in total. The monoisotopic (exact) mass is 519 g/mol. The van der Waals surface area contributed by atoms with Gasteiger partial charge in [-0.15, -0.1) is 0 Å². The van der Waals surface area contributed by atoms with Crippen molar-refractivity contribution < 1.29 is 27.1 Å². The summed E-state index contributed by atoms with van der Waals surface area (Å²) in [7, 11) is -3.26. The van der Waals surface area contributed by atoms with Crippen molar-refractivity contribution in [2.24, 2.45) is 5.41 Å². The van der Waals surface area contributed by atoms with Gasteiger partial charge in [-0.1, -0.05) is 59.7 Å². The number of ether oxygens (including phenoxy) is 1. The van der Waals surface area contributed by atoms with Crippen LogP contribution in [0.3, 0.4) is 0 Å². The zero-order valence-electron chi connectivity index (χ0n) is 20.9. The Kier molecular flexibility index (Phi) is 5.64. The predicted molar refractivity (Wildman–Crippen MR) is 139 cm³/mol. The Morgan fingerprint density at radius 2 is 1.57 bits per heavy atom. The van der Waals surface area contributed by atoms with E-state index in [9.17, 15) is 18.0 Å². The molecule has 3 aromatic carbocycles. The van der Waals surface area contributed by atoms with Gasteiger partial charge < -0.3 is 4.74 Å². The number of nitrogens with zero attached hydrogens (tertiary/aromatic N) is 1. The molecule has 1 amide bonds. The summed E-state index contributed by atoms with van der Waals surface area (Å²) in [5.74, 6) is -1.96. The summed E-state index contributed by atoms with van der Waals surface area (Å²) in [6.45, 7) is 5.16. The third kappa shape index (κ3) is 3.54. The topological polar surface area (TPSA) is 80.8 Å². The molecule has 37 heavy (non-hydrogen) atoms. The fraction of sp³-hybridized carbons (Fsp3) is 0.241. The Labute approximate surface area is 215 Å². The van der Waals surface area contributed by atoms with Gasteiger partial charge in [0.2, 0.25) is 5.67 Å². The van der Waals surface area contributed by atoms with Crippen molar-refractivity contribution in [3.05, 3.63) is 95.1 Å². The predicted octanol–water partition coefficient (Wildman–Crippen LogP) is 5.24. The molecule has 1 aliphatic carbocycles. The number of amides is 1. The van der Waals surface area contributed by atoms with E-state index >= 15 is 4.39 Å². The van der Waals surface area contributed by atoms with Gasteiger partial charge in [-0.05, 0) is 56.2 Å². The van der Waals surface area contributed by atoms with Gasteiger partial charge in [0.05, 0.1) is 23.1 Å². The SMILES string of the molecule is COC(=O)[C@]1(F)C[C@@]2(C)C(=O)N(S(=O)(=O)c3ccc(C)cc3)c3ccc(C)cc3C2=C1c1ccccc1. The number of benzene rings is 3. The van der Waals surface area contributed by atoms with Crippen LogP contribution in [0.4, 0.5) is 10.1 Å². The average Bonchev–Trinajstić information content (AvgIpc) is 3.14. The van der Waals surface area contributed by atoms with E-state index in [1.54, 1.807) is 60.7 Å². The molecule has 8 heteroatoms. The van der Waals surface area contributed by atoms with Crippen molar-refractivity contribution in [3.63, 3.8) is 0 Å². The largest absolute Gasteiger partial charge is 0.466 e. The van der Waals surface area contributed by atoms with Crippen LogP contribution in [0.25, 0.3) is 11.1 Å². The van der Waals surface area contributed by atoms with Crippen molar-refractivity contribution in [2.75, 3.05) is 11.4 Å². The molecular weight excluding hydrogens is 493 g/mol. The number of fused-ring (bicyclic) bond motifs is 3. The van der Waals surface area contributed by atoms with E-state index in [4.69, 9.17) is 4.74 Å². The Hall–Kier alpha value is -3.78. The quantitative estimate of drug-likeness (QED) is 0.441. The van der Waals surface area contributed by atoms with Crippen LogP contribution in [0.1, 0.15) is 35.6 Å². The highest BCUT2D eigenvalue weighted by Crippen LogP contribution is 2.63. The smallest absolute Gasteiger partial charge is 0.348 e. The van der Waals surface area contributed by atoms with Gasteiger partial charge in [-0.3, -0.25) is 4.79 Å². The lowest BCUT2D eigenvalue weighted by atomic mass is 9.74. The first-order chi connectivity index (χ1) is 17.4. The molecular formula is C29H26FNO5S. The first-order valence-corrected chi connectivity index (χ1v) is 13.2. The van der Waals surface area contributed by atoms with Crippen LogP contribution < -0.4 is 4.31 Å². The van der Waals surface area contributed by atoms with Gasteiger partial charge in [0.1, 0.15) is 0 Å². The molecule has 6 nitrogen and oxygen atoms in total. The molecule has 1 heterocycles. The van der Waals surface area contributed by atoms with E-state index in [-0.39, 0.29) is 16.2 Å². The van der Waals surface area contributed by atoms with Crippen LogP contribution >= 0.6 is 0 Å². The summed E-state index contributed by atoms with van der Waals surface area (Å²) >= 11 is 0. The van der Waals surface area contributed by atoms with E-state index in [1.807, 2.05) is 13.8 Å². The van der Waals surface area contributed by atoms with Gasteiger partial charge in [-0.25, -0.2) is 21.9 Å². The average molecular weight is 520 g/mol. The molecule has 0 fully saturated rings. The first kappa shape index (κ1) is 24.9. The van der Waals surface area contributed by atoms with Gasteiger partial charge in [0, 0.05) is 17.6 Å². The second-order valence-electron chi connectivity index (χ2n) is 9.83. The molecule has 0 saturated carbocycles. The standard InChI is InChI=1S/C29H26FNO5S/c1-18-10-13-21(14-11-18)37(34,35)31-23-15-12-19(2)16-22(23)25-24(20-8-6-5-7-9-20)29(30,27(33)36-4)17-28(25,3)26(31)32/h5-16H,17H2,1-4H3/t28-,29+/m1/s1. The Balaban J connectivity index is 1.87. The minimum absolute atomic E-state index is 0.0232. The molecule has 0 spiro atoms. The number of aryl methyl sites for hydroxylation is 2. The van der Waals surface area contributed by atoms with Crippen LogP contribution in [-0.2, 0) is 24.3 Å². The summed E-state index contributed by atoms with van der Waals surface area (Å²) in [5, 5.41) is 0. The number of anilines is 1. The van der Waals surface area contributed by atoms with Crippen LogP contribution in [0.15, 0.2) is 77.7 Å². The van der Waals surface area contributed by atoms with Crippen LogP contribution in [0.2, 0.25) is 0 Å². The minimum atomic E-state index is -4.35. The summed E-state index contributed by atoms with van der Waals surface area (Å²) < 4.78 is 50.3. The van der Waals surface area contributed by atoms with Gasteiger partial charge in [0.25, 0.3) is 15.9 Å². The number of carbonyl (C=O) groups is 2. The van der Waals surface area contributed by atoms with Gasteiger partial charge >= 0.3 is 5.97 Å². The molecule has 2 aliphatic rings. The number of alkyl halides is 1. The number of methoxy groups -OCH3 is 1. The van der Waals surface area contributed by atoms with Crippen LogP contribution in [0.5, 0.6) is 0 Å². The maximum atomic E-state index is 16.9. The zero-order chi connectivity index (χ0) is 26.8. The van der Waals surface area contributed by atoms with Crippen LogP contribution in [0, 0.1) is 19.3 Å². The summed E-state index contributed by atoms with van der Waals surface area (Å²) in [6.07, 6.45) is -0.585. The highest BCUT2D eigenvalue weighted by atomic mass is 32.2. The number of rotatable bonds is 4. The summed E-state index contributed by atoms with van der Waals surface area (Å²) in [5.41, 5.74) is -1.43. The molecule has 0 saturated heterocycles. The second kappa shape index (κ2) is 8.38. The van der Waals surface area contributed by atoms with E-state index in [1.165, 1.54) is 19.1 Å². The number of hydrogen-bond acceptors (Lipinski definition) is 5. The molecule has 3 aromatic rings. The normalized spacial score (nSPS) is 23.1. The molecule has 190 valence electrons. The number of halogens is 1. The van der Waals surface area contributed by atoms with E-state index in [0.29, 0.717) is 16.7 Å². The van der Waals surface area contributed by atoms with Crippen molar-refractivity contribution in [2.45, 2.75) is 37.8 Å². The fourth-order valence-corrected chi connectivity index (χ4v) is 7.01. The fourth-order valence-electron chi connectivity index (χ4n) is 5.48. The molecule has 5 rings (SSSR count). The molecule has 0 bridgehead atoms. The summed E-state index contributed by atoms with van der Waals surface area (Å²) in [4.78, 5) is 27.1. The molecule has 1 aliphatic heterocycles. The number of sulfonamides is 1. The van der Waals surface area contributed by atoms with Crippen molar-refractivity contribution in [1.29, 1.82) is 0 Å². The number of esters is 1. The second-order valence-corrected chi connectivity index (χ2v) is 11.6. The van der Waals surface area contributed by atoms with E-state index in [0.717, 1.165) is 22.5 Å². The van der Waals surface area contributed by atoms with E-state index < -0.39 is 39.4 Å². The highest BCUT2D eigenvalue weighted by Gasteiger charge is 2.64. The molecule has 0 unspecified atom stereocenters. The first-order valence-electron chi connectivity index (χ1n) is 11.8. The maximum Gasteiger partial charge on any atom is 0.348 e. The lowest BCUT2D eigenvalue weighted by Crippen LogP contribution is -2.50. The zero-order valence-corrected chi connectivity index (χ0v) is 21.7. The molecule has 2 atom stereocenters. The summed E-state index contributed by atoms with van der Waals surface area (Å²) in [6, 6.07) is 19.7. The minimum Gasteiger partial charge on any atom is -0.466 e. The van der Waals surface area contributed by atoms with Crippen molar-refractivity contribution in [3.8, 4) is 0 Å². The van der Waals surface area contributed by atoms with Gasteiger partial charge in [0.15, 0.2) is 0 Å². The lowest BCUT2D eigenvalue weighted by Gasteiger charge is -2.39. The van der Waals surface area contributed by atoms with Crippen molar-refractivity contribution in [1.82, 2.24) is 0 Å². The maximum absolute atomic E-state index is 16.9. The molecule has 0 aromatic heterocycles. The van der Waals surface area contributed by atoms with Crippen molar-refractivity contribution >= 4 is 38.7 Å². The number of carbonyl (C=O) groups excluding carboxylic acids is 2. The third-order valence-corrected chi connectivity index (χ3v) is 8.93. The van der Waals surface area contributed by atoms with Gasteiger partial charge in [-0.2, -0.15) is 0 Å². The highest BCUT2D eigenvalue weighted by molar-refractivity contribution is 7.93. The van der Waals surface area contributed by atoms with Crippen LogP contribution in [-0.4, -0.2) is 33.1 Å². The third-order valence-electron chi connectivity index (χ3n) is 7.22. The lowest BCUT2D eigenvalue weighted by molar-refractivity contribution is -0.151. The number of hydrogen-bond donors (Lipinski definition) is 0. The molecule has 0 radical (unpaired) electrons. The Morgan fingerprint density at radius 3 is 2.19 bits per heavy atom. The Morgan fingerprint density at radius 1 is 0.946 bits per heavy atom.